The molecule has 1 N–H and O–H groups in total. The van der Waals surface area contributed by atoms with Gasteiger partial charge in [-0.2, -0.15) is 5.26 Å². The highest BCUT2D eigenvalue weighted by Crippen LogP contribution is 2.20. The Bertz CT molecular complexity index is 630. The molecule has 2 aromatic carbocycles. The van der Waals surface area contributed by atoms with Crippen molar-refractivity contribution in [2.75, 3.05) is 5.32 Å². The average Bonchev–Trinajstić information content (AvgIpc) is 2.35. The Morgan fingerprint density at radius 3 is 2.68 bits per heavy atom. The SMILES string of the molecule is N#Cc1c(F)cccc1NCc1cc(F)cc(Cl)c1. The summed E-state index contributed by atoms with van der Waals surface area (Å²) in [5, 5.41) is 12.0. The highest BCUT2D eigenvalue weighted by Gasteiger charge is 2.07. The summed E-state index contributed by atoms with van der Waals surface area (Å²) in [6, 6.07) is 10.2. The van der Waals surface area contributed by atoms with Crippen LogP contribution in [-0.4, -0.2) is 0 Å². The van der Waals surface area contributed by atoms with Gasteiger partial charge in [0, 0.05) is 11.6 Å². The molecule has 19 heavy (non-hydrogen) atoms. The lowest BCUT2D eigenvalue weighted by atomic mass is 10.1. The number of nitriles is 1. The van der Waals surface area contributed by atoms with Crippen molar-refractivity contribution in [3.63, 3.8) is 0 Å². The van der Waals surface area contributed by atoms with Gasteiger partial charge in [-0.15, -0.1) is 0 Å². The number of nitrogens with zero attached hydrogens (tertiary/aromatic N) is 1. The summed E-state index contributed by atoms with van der Waals surface area (Å²) in [4.78, 5) is 0. The van der Waals surface area contributed by atoms with Gasteiger partial charge in [-0.1, -0.05) is 17.7 Å². The van der Waals surface area contributed by atoms with Crippen molar-refractivity contribution in [3.8, 4) is 6.07 Å². The van der Waals surface area contributed by atoms with E-state index < -0.39 is 11.6 Å². The lowest BCUT2D eigenvalue weighted by Crippen LogP contribution is -2.03. The molecule has 2 aromatic rings. The summed E-state index contributed by atoms with van der Waals surface area (Å²) < 4.78 is 26.5. The molecule has 96 valence electrons. The van der Waals surface area contributed by atoms with Crippen molar-refractivity contribution in [3.05, 3.63) is 64.2 Å². The first-order valence-corrected chi connectivity index (χ1v) is 5.85. The molecule has 0 saturated heterocycles. The second-order valence-electron chi connectivity index (χ2n) is 3.91. The van der Waals surface area contributed by atoms with E-state index in [0.29, 0.717) is 11.3 Å². The molecule has 0 radical (unpaired) electrons. The first-order chi connectivity index (χ1) is 9.10. The van der Waals surface area contributed by atoms with E-state index >= 15 is 0 Å². The van der Waals surface area contributed by atoms with E-state index in [9.17, 15) is 8.78 Å². The van der Waals surface area contributed by atoms with Crippen LogP contribution in [0.1, 0.15) is 11.1 Å². The molecular weight excluding hydrogens is 270 g/mol. The third-order valence-electron chi connectivity index (χ3n) is 2.53. The maximum absolute atomic E-state index is 13.4. The molecular formula is C14H9ClF2N2. The summed E-state index contributed by atoms with van der Waals surface area (Å²) in [6.07, 6.45) is 0. The lowest BCUT2D eigenvalue weighted by Gasteiger charge is -2.09. The van der Waals surface area contributed by atoms with Crippen molar-refractivity contribution in [2.24, 2.45) is 0 Å². The number of benzene rings is 2. The predicted molar refractivity (Wildman–Crippen MR) is 69.9 cm³/mol. The molecule has 0 fully saturated rings. The minimum atomic E-state index is -0.593. The summed E-state index contributed by atoms with van der Waals surface area (Å²) in [5.41, 5.74) is 0.908. The van der Waals surface area contributed by atoms with Gasteiger partial charge in [0.1, 0.15) is 23.3 Å². The number of hydrogen-bond donors (Lipinski definition) is 1. The molecule has 5 heteroatoms. The van der Waals surface area contributed by atoms with E-state index in [1.165, 1.54) is 24.3 Å². The summed E-state index contributed by atoms with van der Waals surface area (Å²) in [7, 11) is 0. The van der Waals surface area contributed by atoms with Crippen molar-refractivity contribution < 1.29 is 8.78 Å². The third kappa shape index (κ3) is 3.21. The zero-order chi connectivity index (χ0) is 13.8. The Kier molecular flexibility index (Phi) is 3.98. The van der Waals surface area contributed by atoms with E-state index in [2.05, 4.69) is 5.32 Å². The maximum Gasteiger partial charge on any atom is 0.143 e. The van der Waals surface area contributed by atoms with E-state index in [0.717, 1.165) is 0 Å². The molecule has 0 atom stereocenters. The summed E-state index contributed by atoms with van der Waals surface area (Å²) in [5.74, 6) is -1.03. The topological polar surface area (TPSA) is 35.8 Å². The van der Waals surface area contributed by atoms with Gasteiger partial charge in [0.05, 0.1) is 5.69 Å². The van der Waals surface area contributed by atoms with Crippen molar-refractivity contribution in [1.82, 2.24) is 0 Å². The molecule has 0 saturated carbocycles. The standard InChI is InChI=1S/C14H9ClF2N2/c15-10-4-9(5-11(16)6-10)8-19-14-3-1-2-13(17)12(14)7-18/h1-6,19H,8H2. The fraction of sp³-hybridized carbons (Fsp3) is 0.0714. The molecule has 0 unspecified atom stereocenters. The number of nitrogens with one attached hydrogen (secondary N) is 1. The lowest BCUT2D eigenvalue weighted by molar-refractivity contribution is 0.623. The summed E-state index contributed by atoms with van der Waals surface area (Å²) in [6.45, 7) is 0.246. The number of rotatable bonds is 3. The Morgan fingerprint density at radius 2 is 2.00 bits per heavy atom. The predicted octanol–water partition coefficient (Wildman–Crippen LogP) is 4.10. The fourth-order valence-electron chi connectivity index (χ4n) is 1.70. The molecule has 2 nitrogen and oxygen atoms in total. The van der Waals surface area contributed by atoms with Gasteiger partial charge in [0.2, 0.25) is 0 Å². The molecule has 0 bridgehead atoms. The smallest absolute Gasteiger partial charge is 0.143 e. The van der Waals surface area contributed by atoms with E-state index in [1.807, 2.05) is 0 Å². The van der Waals surface area contributed by atoms with Crippen LogP contribution >= 0.6 is 11.6 Å². The average molecular weight is 279 g/mol. The second kappa shape index (κ2) is 5.68. The van der Waals surface area contributed by atoms with Crippen LogP contribution in [0.3, 0.4) is 0 Å². The highest BCUT2D eigenvalue weighted by atomic mass is 35.5. The normalized spacial score (nSPS) is 10.0. The zero-order valence-corrected chi connectivity index (χ0v) is 10.5. The van der Waals surface area contributed by atoms with E-state index in [4.69, 9.17) is 16.9 Å². The summed E-state index contributed by atoms with van der Waals surface area (Å²) >= 11 is 5.74. The van der Waals surface area contributed by atoms with E-state index in [1.54, 1.807) is 18.2 Å². The molecule has 0 heterocycles. The van der Waals surface area contributed by atoms with Crippen LogP contribution in [0.15, 0.2) is 36.4 Å². The van der Waals surface area contributed by atoms with Gasteiger partial charge in [0.15, 0.2) is 0 Å². The number of halogens is 3. The monoisotopic (exact) mass is 278 g/mol. The van der Waals surface area contributed by atoms with Crippen molar-refractivity contribution in [1.29, 1.82) is 5.26 Å². The minimum Gasteiger partial charge on any atom is -0.380 e. The second-order valence-corrected chi connectivity index (χ2v) is 4.34. The van der Waals surface area contributed by atoms with Crippen LogP contribution < -0.4 is 5.32 Å². The first-order valence-electron chi connectivity index (χ1n) is 5.47. The van der Waals surface area contributed by atoms with Crippen molar-refractivity contribution in [2.45, 2.75) is 6.54 Å². The first kappa shape index (κ1) is 13.3. The van der Waals surface area contributed by atoms with Crippen LogP contribution in [0, 0.1) is 23.0 Å². The number of hydrogen-bond acceptors (Lipinski definition) is 2. The molecule has 0 amide bonds. The Morgan fingerprint density at radius 1 is 1.21 bits per heavy atom. The Hall–Kier alpha value is -2.12. The fourth-order valence-corrected chi connectivity index (χ4v) is 1.94. The zero-order valence-electron chi connectivity index (χ0n) is 9.75. The van der Waals surface area contributed by atoms with Crippen molar-refractivity contribution >= 4 is 17.3 Å². The van der Waals surface area contributed by atoms with Crippen LogP contribution in [0.2, 0.25) is 5.02 Å². The largest absolute Gasteiger partial charge is 0.380 e. The van der Waals surface area contributed by atoms with Crippen LogP contribution in [0.25, 0.3) is 0 Å². The van der Waals surface area contributed by atoms with Crippen LogP contribution in [0.4, 0.5) is 14.5 Å². The molecule has 0 aliphatic carbocycles. The van der Waals surface area contributed by atoms with Gasteiger partial charge in [-0.25, -0.2) is 8.78 Å². The molecule has 0 aromatic heterocycles. The molecule has 0 aliphatic rings. The van der Waals surface area contributed by atoms with E-state index in [-0.39, 0.29) is 17.1 Å². The third-order valence-corrected chi connectivity index (χ3v) is 2.75. The quantitative estimate of drug-likeness (QED) is 0.917. The maximum atomic E-state index is 13.4. The Balaban J connectivity index is 2.19. The van der Waals surface area contributed by atoms with Gasteiger partial charge >= 0.3 is 0 Å². The molecule has 0 aliphatic heterocycles. The Labute approximate surface area is 114 Å². The van der Waals surface area contributed by atoms with Gasteiger partial charge in [-0.05, 0) is 35.9 Å². The van der Waals surface area contributed by atoms with Crippen LogP contribution in [-0.2, 0) is 6.54 Å². The highest BCUT2D eigenvalue weighted by molar-refractivity contribution is 6.30. The van der Waals surface area contributed by atoms with Crippen LogP contribution in [0.5, 0.6) is 0 Å². The number of anilines is 1. The van der Waals surface area contributed by atoms with Gasteiger partial charge in [0.25, 0.3) is 0 Å². The minimum absolute atomic E-state index is 0.0648. The molecule has 2 rings (SSSR count). The van der Waals surface area contributed by atoms with Gasteiger partial charge in [-0.3, -0.25) is 0 Å². The van der Waals surface area contributed by atoms with Gasteiger partial charge < -0.3 is 5.32 Å². The molecule has 0 spiro atoms.